The second-order valence-corrected chi connectivity index (χ2v) is 11.2. The van der Waals surface area contributed by atoms with E-state index in [0.29, 0.717) is 16.2 Å². The Bertz CT molecular complexity index is 1280. The number of anilines is 1. The quantitative estimate of drug-likeness (QED) is 0.573. The molecular weight excluding hydrogens is 458 g/mol. The number of nitrogens with one attached hydrogen (secondary N) is 2. The predicted molar refractivity (Wildman–Crippen MR) is 124 cm³/mol. The van der Waals surface area contributed by atoms with E-state index in [1.54, 1.807) is 24.3 Å². The maximum absolute atomic E-state index is 14.0. The second-order valence-electron chi connectivity index (χ2n) is 9.41. The van der Waals surface area contributed by atoms with Crippen LogP contribution in [0.4, 0.5) is 5.69 Å². The van der Waals surface area contributed by atoms with E-state index >= 15 is 0 Å². The van der Waals surface area contributed by atoms with Gasteiger partial charge in [-0.3, -0.25) is 14.4 Å². The summed E-state index contributed by atoms with van der Waals surface area (Å²) in [6.45, 7) is -1.99. The fraction of sp³-hybridized carbons (Fsp3) is 0.565. The lowest BCUT2D eigenvalue weighted by atomic mass is 9.80. The molecular formula is C23H29N5O5S. The van der Waals surface area contributed by atoms with Crippen LogP contribution in [0.25, 0.3) is 0 Å². The summed E-state index contributed by atoms with van der Waals surface area (Å²) in [6, 6.07) is 5.16. The highest BCUT2D eigenvalue weighted by Crippen LogP contribution is 2.46. The average Bonchev–Trinajstić information content (AvgIpc) is 3.46. The number of amides is 3. The van der Waals surface area contributed by atoms with Gasteiger partial charge < -0.3 is 15.1 Å². The first-order valence-corrected chi connectivity index (χ1v) is 13.0. The molecule has 3 aliphatic rings. The molecule has 2 N–H and O–H groups in total. The molecule has 34 heavy (non-hydrogen) atoms. The number of benzene rings is 1. The van der Waals surface area contributed by atoms with E-state index in [0.717, 1.165) is 19.1 Å². The smallest absolute Gasteiger partial charge is 0.246 e. The molecule has 2 fully saturated rings. The summed E-state index contributed by atoms with van der Waals surface area (Å²) in [5.41, 5.74) is 0.0773. The van der Waals surface area contributed by atoms with Crippen molar-refractivity contribution in [3.8, 4) is 6.07 Å². The van der Waals surface area contributed by atoms with Crippen molar-refractivity contribution in [1.82, 2.24) is 14.5 Å². The van der Waals surface area contributed by atoms with Crippen LogP contribution < -0.4 is 10.0 Å². The van der Waals surface area contributed by atoms with Gasteiger partial charge in [-0.15, -0.1) is 0 Å². The third-order valence-electron chi connectivity index (χ3n) is 6.76. The molecule has 1 saturated heterocycles. The van der Waals surface area contributed by atoms with Gasteiger partial charge in [0.05, 0.1) is 23.8 Å². The molecule has 11 heteroatoms. The molecule has 0 unspecified atom stereocenters. The van der Waals surface area contributed by atoms with Gasteiger partial charge in [-0.2, -0.15) is 5.26 Å². The van der Waals surface area contributed by atoms with Crippen LogP contribution in [-0.4, -0.2) is 73.8 Å². The molecule has 1 aromatic rings. The standard InChI is InChI=1S/C23H29N5O5S/c1-14(26-34(3,32)33)20(29)27(2)19(10-15-8-9-15)21(30)28-13-23(11-16(28)12-24)17-6-4-5-7-18(17)25-22(23)31/h4-7,14-16,19,26H,8-11,13H2,1-3H3,(H,25,31)/t14-,16-,19-,23-/m0/s1/i2D3. The minimum atomic E-state index is -3.85. The zero-order chi connectivity index (χ0) is 27.3. The van der Waals surface area contributed by atoms with E-state index in [2.05, 4.69) is 16.1 Å². The Kier molecular flexibility index (Phi) is 5.20. The van der Waals surface area contributed by atoms with Gasteiger partial charge in [-0.1, -0.05) is 31.0 Å². The number of likely N-dealkylation sites (N-methyl/N-ethyl adjacent to an activating group) is 1. The summed E-state index contributed by atoms with van der Waals surface area (Å²) < 4.78 is 49.6. The van der Waals surface area contributed by atoms with Gasteiger partial charge in [0.1, 0.15) is 12.1 Å². The Balaban J connectivity index is 1.70. The molecule has 4 rings (SSSR count). The first-order valence-electron chi connectivity index (χ1n) is 12.6. The number of likely N-dealkylation sites (tertiary alicyclic amines) is 1. The predicted octanol–water partition coefficient (Wildman–Crippen LogP) is 0.566. The second kappa shape index (κ2) is 8.67. The van der Waals surface area contributed by atoms with Gasteiger partial charge in [0.25, 0.3) is 0 Å². The molecule has 2 heterocycles. The van der Waals surface area contributed by atoms with E-state index in [1.165, 1.54) is 11.8 Å². The van der Waals surface area contributed by atoms with Gasteiger partial charge >= 0.3 is 0 Å². The number of hydrogen-bond donors (Lipinski definition) is 2. The zero-order valence-electron chi connectivity index (χ0n) is 21.9. The highest BCUT2D eigenvalue weighted by atomic mass is 32.2. The molecule has 2 aliphatic heterocycles. The number of rotatable bonds is 7. The summed E-state index contributed by atoms with van der Waals surface area (Å²) >= 11 is 0. The van der Waals surface area contributed by atoms with E-state index in [1.807, 2.05) is 0 Å². The Morgan fingerprint density at radius 1 is 1.41 bits per heavy atom. The normalized spacial score (nSPS) is 27.1. The largest absolute Gasteiger partial charge is 0.332 e. The summed E-state index contributed by atoms with van der Waals surface area (Å²) in [7, 11) is -3.85. The van der Waals surface area contributed by atoms with Crippen molar-refractivity contribution in [3.63, 3.8) is 0 Å². The zero-order valence-corrected chi connectivity index (χ0v) is 19.8. The van der Waals surface area contributed by atoms with Gasteiger partial charge in [0.2, 0.25) is 27.7 Å². The van der Waals surface area contributed by atoms with Crippen LogP contribution in [0.3, 0.4) is 0 Å². The van der Waals surface area contributed by atoms with Gasteiger partial charge in [0.15, 0.2) is 0 Å². The third-order valence-corrected chi connectivity index (χ3v) is 7.55. The number of sulfonamides is 1. The van der Waals surface area contributed by atoms with Crippen molar-refractivity contribution in [2.75, 3.05) is 25.1 Å². The Hall–Kier alpha value is -2.97. The van der Waals surface area contributed by atoms with Crippen molar-refractivity contribution < 1.29 is 26.9 Å². The number of para-hydroxylation sites is 1. The highest BCUT2D eigenvalue weighted by Gasteiger charge is 2.57. The number of hydrogen-bond acceptors (Lipinski definition) is 6. The van der Waals surface area contributed by atoms with Gasteiger partial charge in [-0.05, 0) is 30.9 Å². The van der Waals surface area contributed by atoms with E-state index in [9.17, 15) is 28.1 Å². The first-order chi connectivity index (χ1) is 17.2. The summed E-state index contributed by atoms with van der Waals surface area (Å²) in [5, 5.41) is 12.7. The number of carbonyl (C=O) groups is 3. The van der Waals surface area contributed by atoms with Gasteiger partial charge in [0, 0.05) is 29.7 Å². The molecule has 10 nitrogen and oxygen atoms in total. The van der Waals surface area contributed by atoms with E-state index in [4.69, 9.17) is 4.11 Å². The van der Waals surface area contributed by atoms with Crippen LogP contribution in [0, 0.1) is 17.2 Å². The molecule has 182 valence electrons. The lowest BCUT2D eigenvalue weighted by molar-refractivity contribution is -0.145. The fourth-order valence-electron chi connectivity index (χ4n) is 4.90. The first kappa shape index (κ1) is 20.4. The van der Waals surface area contributed by atoms with Crippen LogP contribution >= 0.6 is 0 Å². The van der Waals surface area contributed by atoms with Crippen molar-refractivity contribution in [3.05, 3.63) is 29.8 Å². The van der Waals surface area contributed by atoms with E-state index in [-0.39, 0.29) is 31.2 Å². The van der Waals surface area contributed by atoms with E-state index < -0.39 is 52.4 Å². The molecule has 1 aromatic carbocycles. The average molecular weight is 491 g/mol. The number of fused-ring (bicyclic) bond motifs is 2. The molecule has 0 aromatic heterocycles. The Morgan fingerprint density at radius 3 is 2.74 bits per heavy atom. The van der Waals surface area contributed by atoms with Crippen LogP contribution in [0.5, 0.6) is 0 Å². The molecule has 0 bridgehead atoms. The number of nitrogens with zero attached hydrogens (tertiary/aromatic N) is 3. The third kappa shape index (κ3) is 4.40. The minimum Gasteiger partial charge on any atom is -0.332 e. The Labute approximate surface area is 203 Å². The lowest BCUT2D eigenvalue weighted by Crippen LogP contribution is -2.55. The van der Waals surface area contributed by atoms with Crippen LogP contribution in [0.2, 0.25) is 0 Å². The van der Waals surface area contributed by atoms with Crippen LogP contribution in [-0.2, 0) is 29.8 Å². The maximum Gasteiger partial charge on any atom is 0.246 e. The SMILES string of the molecule is [2H]C([2H])([2H])N(C(=O)[C@H](C)NS(C)(=O)=O)[C@@H](CC1CC1)C(=O)N1C[C@]2(C[C@H]1C#N)C(=O)Nc1ccccc12. The molecule has 0 radical (unpaired) electrons. The lowest BCUT2D eigenvalue weighted by Gasteiger charge is -2.33. The summed E-state index contributed by atoms with van der Waals surface area (Å²) in [5.74, 6) is -2.16. The molecule has 1 spiro atoms. The van der Waals surface area contributed by atoms with Crippen molar-refractivity contribution in [1.29, 1.82) is 5.26 Å². The molecule has 4 atom stereocenters. The summed E-state index contributed by atoms with van der Waals surface area (Å²) in [4.78, 5) is 42.0. The minimum absolute atomic E-state index is 0.0115. The molecule has 1 saturated carbocycles. The number of carbonyl (C=O) groups excluding carboxylic acids is 3. The number of nitriles is 1. The highest BCUT2D eigenvalue weighted by molar-refractivity contribution is 7.88. The van der Waals surface area contributed by atoms with Crippen molar-refractivity contribution in [2.45, 2.75) is 56.1 Å². The monoisotopic (exact) mass is 490 g/mol. The topological polar surface area (TPSA) is 140 Å². The summed E-state index contributed by atoms with van der Waals surface area (Å²) in [6.07, 6.45) is 2.44. The van der Waals surface area contributed by atoms with Crippen molar-refractivity contribution in [2.24, 2.45) is 5.92 Å². The van der Waals surface area contributed by atoms with Gasteiger partial charge in [-0.25, -0.2) is 13.1 Å². The molecule has 1 aliphatic carbocycles. The van der Waals surface area contributed by atoms with Crippen molar-refractivity contribution >= 4 is 33.4 Å². The maximum atomic E-state index is 14.0. The molecule has 3 amide bonds. The van der Waals surface area contributed by atoms with Crippen LogP contribution in [0.15, 0.2) is 24.3 Å². The van der Waals surface area contributed by atoms with Crippen LogP contribution in [0.1, 0.15) is 42.3 Å². The Morgan fingerprint density at radius 2 is 2.12 bits per heavy atom. The fourth-order valence-corrected chi connectivity index (χ4v) is 5.64.